The maximum atomic E-state index is 12.5. The number of benzene rings is 3. The van der Waals surface area contributed by atoms with Gasteiger partial charge in [-0.05, 0) is 41.3 Å². The van der Waals surface area contributed by atoms with Crippen molar-refractivity contribution in [1.29, 1.82) is 0 Å². The standard InChI is InChI=1S/C27H27NO5/c1-31-24-15-13-21(18-25(24)32-2)14-16-27(30)33-19-26(29)28-23(22-11-7-4-8-12-22)17-20-9-5-3-6-10-20/h3-16,18,23H,17,19H2,1-2H3,(H,28,29)/b16-14+. The zero-order valence-electron chi connectivity index (χ0n) is 18.7. The summed E-state index contributed by atoms with van der Waals surface area (Å²) in [6, 6.07) is 24.7. The summed E-state index contributed by atoms with van der Waals surface area (Å²) < 4.78 is 15.6. The van der Waals surface area contributed by atoms with Crippen molar-refractivity contribution < 1.29 is 23.8 Å². The molecule has 6 nitrogen and oxygen atoms in total. The first-order valence-electron chi connectivity index (χ1n) is 10.5. The Morgan fingerprint density at radius 3 is 2.21 bits per heavy atom. The molecule has 33 heavy (non-hydrogen) atoms. The lowest BCUT2D eigenvalue weighted by Crippen LogP contribution is -2.33. The molecule has 0 spiro atoms. The highest BCUT2D eigenvalue weighted by Crippen LogP contribution is 2.28. The topological polar surface area (TPSA) is 73.9 Å². The first kappa shape index (κ1) is 23.6. The smallest absolute Gasteiger partial charge is 0.331 e. The maximum absolute atomic E-state index is 12.5. The highest BCUT2D eigenvalue weighted by Gasteiger charge is 2.16. The van der Waals surface area contributed by atoms with Crippen LogP contribution in [0.5, 0.6) is 11.5 Å². The van der Waals surface area contributed by atoms with E-state index in [1.54, 1.807) is 38.5 Å². The van der Waals surface area contributed by atoms with Crippen molar-refractivity contribution in [2.45, 2.75) is 12.5 Å². The Bertz CT molecular complexity index is 1080. The molecule has 6 heteroatoms. The van der Waals surface area contributed by atoms with Gasteiger partial charge >= 0.3 is 5.97 Å². The van der Waals surface area contributed by atoms with Crippen LogP contribution in [0, 0.1) is 0 Å². The molecule has 0 aliphatic rings. The molecule has 3 aromatic rings. The Labute approximate surface area is 193 Å². The van der Waals surface area contributed by atoms with Gasteiger partial charge in [-0.2, -0.15) is 0 Å². The summed E-state index contributed by atoms with van der Waals surface area (Å²) in [5.41, 5.74) is 2.82. The molecule has 0 fully saturated rings. The first-order valence-corrected chi connectivity index (χ1v) is 10.5. The molecule has 3 rings (SSSR count). The number of amides is 1. The van der Waals surface area contributed by atoms with Gasteiger partial charge in [0.2, 0.25) is 0 Å². The second kappa shape index (κ2) is 12.1. The Balaban J connectivity index is 1.57. The molecule has 0 saturated carbocycles. The van der Waals surface area contributed by atoms with Gasteiger partial charge < -0.3 is 19.5 Å². The minimum Gasteiger partial charge on any atom is -0.493 e. The number of ether oxygens (including phenoxy) is 3. The Morgan fingerprint density at radius 1 is 0.879 bits per heavy atom. The van der Waals surface area contributed by atoms with Gasteiger partial charge in [-0.3, -0.25) is 4.79 Å². The third-order valence-corrected chi connectivity index (χ3v) is 4.98. The maximum Gasteiger partial charge on any atom is 0.331 e. The second-order valence-electron chi connectivity index (χ2n) is 7.28. The van der Waals surface area contributed by atoms with Crippen molar-refractivity contribution in [3.8, 4) is 11.5 Å². The molecule has 1 N–H and O–H groups in total. The predicted molar refractivity (Wildman–Crippen MR) is 127 cm³/mol. The summed E-state index contributed by atoms with van der Waals surface area (Å²) in [7, 11) is 3.09. The number of methoxy groups -OCH3 is 2. The van der Waals surface area contributed by atoms with Gasteiger partial charge in [0, 0.05) is 6.08 Å². The van der Waals surface area contributed by atoms with Crippen LogP contribution in [-0.4, -0.2) is 32.7 Å². The largest absolute Gasteiger partial charge is 0.493 e. The minimum atomic E-state index is -0.612. The highest BCUT2D eigenvalue weighted by atomic mass is 16.5. The summed E-state index contributed by atoms with van der Waals surface area (Å²) in [6.45, 7) is -0.368. The van der Waals surface area contributed by atoms with Gasteiger partial charge in [-0.1, -0.05) is 66.7 Å². The molecule has 0 aromatic heterocycles. The van der Waals surface area contributed by atoms with E-state index in [0.717, 1.165) is 16.7 Å². The van der Waals surface area contributed by atoms with Gasteiger partial charge in [0.1, 0.15) is 0 Å². The normalized spacial score (nSPS) is 11.6. The first-order chi connectivity index (χ1) is 16.1. The lowest BCUT2D eigenvalue weighted by Gasteiger charge is -2.19. The van der Waals surface area contributed by atoms with Crippen molar-refractivity contribution in [2.24, 2.45) is 0 Å². The summed E-state index contributed by atoms with van der Waals surface area (Å²) >= 11 is 0. The van der Waals surface area contributed by atoms with E-state index in [2.05, 4.69) is 5.32 Å². The number of hydrogen-bond donors (Lipinski definition) is 1. The van der Waals surface area contributed by atoms with E-state index >= 15 is 0 Å². The van der Waals surface area contributed by atoms with E-state index in [4.69, 9.17) is 14.2 Å². The van der Waals surface area contributed by atoms with Crippen LogP contribution in [0.15, 0.2) is 84.9 Å². The quantitative estimate of drug-likeness (QED) is 0.371. The second-order valence-corrected chi connectivity index (χ2v) is 7.28. The molecule has 0 aliphatic carbocycles. The zero-order valence-corrected chi connectivity index (χ0v) is 18.7. The van der Waals surface area contributed by atoms with E-state index in [-0.39, 0.29) is 18.6 Å². The van der Waals surface area contributed by atoms with Gasteiger partial charge in [0.05, 0.1) is 20.3 Å². The monoisotopic (exact) mass is 445 g/mol. The van der Waals surface area contributed by atoms with Crippen molar-refractivity contribution in [1.82, 2.24) is 5.32 Å². The molecule has 0 heterocycles. The lowest BCUT2D eigenvalue weighted by molar-refractivity contribution is -0.144. The summed E-state index contributed by atoms with van der Waals surface area (Å²) in [4.78, 5) is 24.6. The number of carbonyl (C=O) groups is 2. The fourth-order valence-corrected chi connectivity index (χ4v) is 3.33. The Hall–Kier alpha value is -4.06. The minimum absolute atomic E-state index is 0.234. The third kappa shape index (κ3) is 7.25. The molecular weight excluding hydrogens is 418 g/mol. The van der Waals surface area contributed by atoms with E-state index in [9.17, 15) is 9.59 Å². The molecule has 3 aromatic carbocycles. The van der Waals surface area contributed by atoms with Crippen molar-refractivity contribution in [3.05, 3.63) is 102 Å². The van der Waals surface area contributed by atoms with E-state index in [0.29, 0.717) is 17.9 Å². The molecule has 0 bridgehead atoms. The average molecular weight is 446 g/mol. The lowest BCUT2D eigenvalue weighted by atomic mass is 9.99. The number of carbonyl (C=O) groups excluding carboxylic acids is 2. The molecular formula is C27H27NO5. The van der Waals surface area contributed by atoms with Gasteiger partial charge in [0.15, 0.2) is 18.1 Å². The van der Waals surface area contributed by atoms with Crippen LogP contribution in [0.2, 0.25) is 0 Å². The van der Waals surface area contributed by atoms with Gasteiger partial charge in [0.25, 0.3) is 5.91 Å². The van der Waals surface area contributed by atoms with E-state index in [1.807, 2.05) is 60.7 Å². The summed E-state index contributed by atoms with van der Waals surface area (Å²) in [5.74, 6) is 0.169. The van der Waals surface area contributed by atoms with Crippen LogP contribution < -0.4 is 14.8 Å². The van der Waals surface area contributed by atoms with Gasteiger partial charge in [-0.15, -0.1) is 0 Å². The summed E-state index contributed by atoms with van der Waals surface area (Å²) in [6.07, 6.45) is 3.49. The van der Waals surface area contributed by atoms with Crippen LogP contribution in [0.4, 0.5) is 0 Å². The number of hydrogen-bond acceptors (Lipinski definition) is 5. The van der Waals surface area contributed by atoms with Crippen LogP contribution in [0.25, 0.3) is 6.08 Å². The molecule has 1 unspecified atom stereocenters. The van der Waals surface area contributed by atoms with Crippen molar-refractivity contribution in [2.75, 3.05) is 20.8 Å². The molecule has 1 atom stereocenters. The van der Waals surface area contributed by atoms with Crippen LogP contribution in [-0.2, 0) is 20.7 Å². The van der Waals surface area contributed by atoms with Crippen LogP contribution >= 0.6 is 0 Å². The third-order valence-electron chi connectivity index (χ3n) is 4.98. The molecule has 0 radical (unpaired) electrons. The molecule has 0 saturated heterocycles. The fourth-order valence-electron chi connectivity index (χ4n) is 3.33. The molecule has 170 valence electrons. The van der Waals surface area contributed by atoms with Gasteiger partial charge in [-0.25, -0.2) is 4.79 Å². The summed E-state index contributed by atoms with van der Waals surface area (Å²) in [5, 5.41) is 2.97. The average Bonchev–Trinajstić information content (AvgIpc) is 2.86. The van der Waals surface area contributed by atoms with E-state index < -0.39 is 5.97 Å². The number of rotatable bonds is 10. The molecule has 1 amide bonds. The number of nitrogens with one attached hydrogen (secondary N) is 1. The number of esters is 1. The fraction of sp³-hybridized carbons (Fsp3) is 0.185. The van der Waals surface area contributed by atoms with Crippen molar-refractivity contribution >= 4 is 18.0 Å². The van der Waals surface area contributed by atoms with Crippen molar-refractivity contribution in [3.63, 3.8) is 0 Å². The zero-order chi connectivity index (χ0) is 23.5. The van der Waals surface area contributed by atoms with E-state index in [1.165, 1.54) is 6.08 Å². The van der Waals surface area contributed by atoms with Crippen LogP contribution in [0.3, 0.4) is 0 Å². The molecule has 0 aliphatic heterocycles. The highest BCUT2D eigenvalue weighted by molar-refractivity contribution is 5.89. The predicted octanol–water partition coefficient (Wildman–Crippen LogP) is 4.36. The SMILES string of the molecule is COc1ccc(/C=C/C(=O)OCC(=O)NC(Cc2ccccc2)c2ccccc2)cc1OC. The Morgan fingerprint density at radius 2 is 1.55 bits per heavy atom. The Kier molecular flexibility index (Phi) is 8.65. The van der Waals surface area contributed by atoms with Crippen LogP contribution in [0.1, 0.15) is 22.7 Å².